The lowest BCUT2D eigenvalue weighted by atomic mass is 9.71. The summed E-state index contributed by atoms with van der Waals surface area (Å²) in [6.45, 7) is 0.929. The maximum atomic E-state index is 12.8. The average Bonchev–Trinajstić information content (AvgIpc) is 2.87. The molecule has 0 radical (unpaired) electrons. The molecular formula is C26H25F3N4O3. The van der Waals surface area contributed by atoms with Crippen LogP contribution in [0.5, 0.6) is 0 Å². The molecule has 0 saturated carbocycles. The Morgan fingerprint density at radius 1 is 1.03 bits per heavy atom. The highest BCUT2D eigenvalue weighted by Crippen LogP contribution is 2.41. The third kappa shape index (κ3) is 4.59. The molecule has 1 N–H and O–H groups in total. The first-order valence-electron chi connectivity index (χ1n) is 11.8. The number of pyridine rings is 1. The fraction of sp³-hybridized carbons (Fsp3) is 0.385. The molecule has 3 aliphatic rings. The Morgan fingerprint density at radius 3 is 2.47 bits per heavy atom. The molecule has 1 fully saturated rings. The minimum atomic E-state index is -4.92. The number of alkyl halides is 3. The second kappa shape index (κ2) is 9.07. The van der Waals surface area contributed by atoms with E-state index in [2.05, 4.69) is 16.4 Å². The van der Waals surface area contributed by atoms with Crippen molar-refractivity contribution in [1.29, 1.82) is 0 Å². The number of benzene rings is 1. The van der Waals surface area contributed by atoms with E-state index in [4.69, 9.17) is 0 Å². The summed E-state index contributed by atoms with van der Waals surface area (Å²) in [6, 6.07) is 9.91. The van der Waals surface area contributed by atoms with Gasteiger partial charge in [-0.3, -0.25) is 14.4 Å². The number of fused-ring (bicyclic) bond motifs is 2. The SMILES string of the molecule is O=C(/C=C/c1cnc2c(c1)CC1(CCN(C(=O)C(F)(F)F)CC1)C(=O)N2)N1CCc2ccccc2C1. The van der Waals surface area contributed by atoms with Crippen LogP contribution in [-0.2, 0) is 33.8 Å². The van der Waals surface area contributed by atoms with Gasteiger partial charge in [0, 0.05) is 38.5 Å². The molecule has 1 aromatic heterocycles. The number of nitrogens with zero attached hydrogens (tertiary/aromatic N) is 3. The van der Waals surface area contributed by atoms with Gasteiger partial charge in [-0.05, 0) is 60.1 Å². The van der Waals surface area contributed by atoms with Crippen LogP contribution in [0.2, 0.25) is 0 Å². The Kier molecular flexibility index (Phi) is 6.05. The number of anilines is 1. The molecule has 0 bridgehead atoms. The molecule has 3 aliphatic heterocycles. The first-order chi connectivity index (χ1) is 17.1. The molecule has 0 aliphatic carbocycles. The van der Waals surface area contributed by atoms with E-state index in [-0.39, 0.29) is 37.7 Å². The molecule has 1 spiro atoms. The van der Waals surface area contributed by atoms with Gasteiger partial charge in [-0.25, -0.2) is 4.98 Å². The van der Waals surface area contributed by atoms with Crippen LogP contribution in [0.4, 0.5) is 19.0 Å². The third-order valence-corrected chi connectivity index (χ3v) is 7.34. The van der Waals surface area contributed by atoms with Crippen LogP contribution < -0.4 is 5.32 Å². The number of hydrogen-bond acceptors (Lipinski definition) is 4. The maximum absolute atomic E-state index is 12.8. The number of likely N-dealkylation sites (tertiary alicyclic amines) is 1. The summed E-state index contributed by atoms with van der Waals surface area (Å²) < 4.78 is 38.4. The van der Waals surface area contributed by atoms with E-state index >= 15 is 0 Å². The van der Waals surface area contributed by atoms with Gasteiger partial charge in [0.05, 0.1) is 5.41 Å². The minimum absolute atomic E-state index is 0.103. The molecule has 1 saturated heterocycles. The van der Waals surface area contributed by atoms with Crippen molar-refractivity contribution in [3.8, 4) is 0 Å². The van der Waals surface area contributed by atoms with E-state index in [9.17, 15) is 27.6 Å². The molecule has 10 heteroatoms. The molecule has 0 atom stereocenters. The van der Waals surface area contributed by atoms with Crippen LogP contribution in [-0.4, -0.2) is 58.3 Å². The molecule has 5 rings (SSSR count). The van der Waals surface area contributed by atoms with Crippen LogP contribution in [0.3, 0.4) is 0 Å². The number of amides is 3. The highest BCUT2D eigenvalue weighted by Gasteiger charge is 2.49. The highest BCUT2D eigenvalue weighted by molar-refractivity contribution is 5.98. The standard InChI is InChI=1S/C26H25F3N4O3/c27-26(28,29)24(36)32-11-8-25(9-12-32)14-20-13-17(15-30-22(20)31-23(25)35)5-6-21(34)33-10-7-18-3-1-2-4-19(18)16-33/h1-6,13,15H,7-12,14,16H2,(H,30,31,35)/b6-5+. The van der Waals surface area contributed by atoms with E-state index in [1.54, 1.807) is 17.2 Å². The largest absolute Gasteiger partial charge is 0.471 e. The summed E-state index contributed by atoms with van der Waals surface area (Å²) in [4.78, 5) is 44.0. The van der Waals surface area contributed by atoms with Gasteiger partial charge in [0.25, 0.3) is 0 Å². The topological polar surface area (TPSA) is 82.6 Å². The lowest BCUT2D eigenvalue weighted by Crippen LogP contribution is -2.53. The second-order valence-corrected chi connectivity index (χ2v) is 9.59. The first kappa shape index (κ1) is 24.0. The van der Waals surface area contributed by atoms with E-state index in [1.807, 2.05) is 24.3 Å². The third-order valence-electron chi connectivity index (χ3n) is 7.34. The van der Waals surface area contributed by atoms with Crippen LogP contribution in [0.25, 0.3) is 6.08 Å². The zero-order chi connectivity index (χ0) is 25.5. The van der Waals surface area contributed by atoms with Crippen LogP contribution in [0, 0.1) is 5.41 Å². The van der Waals surface area contributed by atoms with Crippen molar-refractivity contribution in [2.75, 3.05) is 25.0 Å². The number of halogens is 3. The first-order valence-corrected chi connectivity index (χ1v) is 11.8. The smallest absolute Gasteiger partial charge is 0.335 e. The predicted octanol–water partition coefficient (Wildman–Crippen LogP) is 3.35. The number of hydrogen-bond donors (Lipinski definition) is 1. The molecular weight excluding hydrogens is 473 g/mol. The summed E-state index contributed by atoms with van der Waals surface area (Å²) in [7, 11) is 0. The number of carbonyl (C=O) groups excluding carboxylic acids is 3. The fourth-order valence-electron chi connectivity index (χ4n) is 5.23. The summed E-state index contributed by atoms with van der Waals surface area (Å²) >= 11 is 0. The monoisotopic (exact) mass is 498 g/mol. The number of rotatable bonds is 2. The summed E-state index contributed by atoms with van der Waals surface area (Å²) in [5, 5.41) is 2.77. The fourth-order valence-corrected chi connectivity index (χ4v) is 5.23. The highest BCUT2D eigenvalue weighted by atomic mass is 19.4. The number of piperidine rings is 1. The normalized spacial score (nSPS) is 19.1. The lowest BCUT2D eigenvalue weighted by Gasteiger charge is -2.43. The summed E-state index contributed by atoms with van der Waals surface area (Å²) in [5.74, 6) is -1.85. The van der Waals surface area contributed by atoms with Gasteiger partial charge in [0.15, 0.2) is 0 Å². The maximum Gasteiger partial charge on any atom is 0.471 e. The lowest BCUT2D eigenvalue weighted by molar-refractivity contribution is -0.187. The van der Waals surface area contributed by atoms with Crippen molar-refractivity contribution < 1.29 is 27.6 Å². The minimum Gasteiger partial charge on any atom is -0.335 e. The van der Waals surface area contributed by atoms with E-state index < -0.39 is 17.5 Å². The van der Waals surface area contributed by atoms with Crippen molar-refractivity contribution in [3.05, 3.63) is 64.9 Å². The summed E-state index contributed by atoms with van der Waals surface area (Å²) in [6.07, 6.45) is 1.23. The Labute approximate surface area is 206 Å². The number of carbonyl (C=O) groups is 3. The zero-order valence-electron chi connectivity index (χ0n) is 19.5. The van der Waals surface area contributed by atoms with Gasteiger partial charge in [0.2, 0.25) is 11.8 Å². The van der Waals surface area contributed by atoms with Crippen molar-refractivity contribution in [2.24, 2.45) is 5.41 Å². The molecule has 36 heavy (non-hydrogen) atoms. The number of aromatic nitrogens is 1. The van der Waals surface area contributed by atoms with Crippen molar-refractivity contribution in [1.82, 2.24) is 14.8 Å². The van der Waals surface area contributed by atoms with Gasteiger partial charge < -0.3 is 15.1 Å². The molecule has 3 amide bonds. The molecule has 1 aromatic carbocycles. The Balaban J connectivity index is 1.26. The molecule has 0 unspecified atom stereocenters. The van der Waals surface area contributed by atoms with Gasteiger partial charge in [0.1, 0.15) is 5.82 Å². The van der Waals surface area contributed by atoms with E-state index in [0.29, 0.717) is 30.9 Å². The van der Waals surface area contributed by atoms with Crippen LogP contribution >= 0.6 is 0 Å². The zero-order valence-corrected chi connectivity index (χ0v) is 19.5. The number of nitrogens with one attached hydrogen (secondary N) is 1. The average molecular weight is 499 g/mol. The Bertz CT molecular complexity index is 1250. The second-order valence-electron chi connectivity index (χ2n) is 9.59. The van der Waals surface area contributed by atoms with Crippen molar-refractivity contribution in [2.45, 2.75) is 38.4 Å². The van der Waals surface area contributed by atoms with Gasteiger partial charge in [-0.2, -0.15) is 13.2 Å². The quantitative estimate of drug-likeness (QED) is 0.644. The van der Waals surface area contributed by atoms with Crippen LogP contribution in [0.1, 0.15) is 35.1 Å². The molecule has 188 valence electrons. The molecule has 2 aromatic rings. The summed E-state index contributed by atoms with van der Waals surface area (Å²) in [5.41, 5.74) is 2.96. The van der Waals surface area contributed by atoms with Gasteiger partial charge >= 0.3 is 12.1 Å². The van der Waals surface area contributed by atoms with Gasteiger partial charge in [-0.1, -0.05) is 24.3 Å². The van der Waals surface area contributed by atoms with Crippen LogP contribution in [0.15, 0.2) is 42.6 Å². The van der Waals surface area contributed by atoms with Crippen molar-refractivity contribution >= 4 is 29.6 Å². The Morgan fingerprint density at radius 2 is 1.75 bits per heavy atom. The molecule has 4 heterocycles. The van der Waals surface area contributed by atoms with E-state index in [0.717, 1.165) is 22.4 Å². The molecule has 7 nitrogen and oxygen atoms in total. The van der Waals surface area contributed by atoms with E-state index in [1.165, 1.54) is 11.6 Å². The van der Waals surface area contributed by atoms with Crippen molar-refractivity contribution in [3.63, 3.8) is 0 Å². The van der Waals surface area contributed by atoms with Gasteiger partial charge in [-0.15, -0.1) is 0 Å². The predicted molar refractivity (Wildman–Crippen MR) is 125 cm³/mol. The Hall–Kier alpha value is -3.69.